The summed E-state index contributed by atoms with van der Waals surface area (Å²) in [5.74, 6) is 0.318. The number of fused-ring (bicyclic) bond motifs is 1. The highest BCUT2D eigenvalue weighted by Gasteiger charge is 2.41. The van der Waals surface area contributed by atoms with Crippen LogP contribution in [-0.4, -0.2) is 37.6 Å². The summed E-state index contributed by atoms with van der Waals surface area (Å²) in [7, 11) is 0. The maximum Gasteiger partial charge on any atom is 0.238 e. The van der Waals surface area contributed by atoms with E-state index >= 15 is 0 Å². The number of hydrazine groups is 1. The number of halogens is 2. The van der Waals surface area contributed by atoms with Gasteiger partial charge < -0.3 is 10.6 Å². The number of rotatable bonds is 4. The molecule has 2 aliphatic rings. The lowest BCUT2D eigenvalue weighted by atomic mass is 9.84. The molecule has 0 radical (unpaired) electrons. The third kappa shape index (κ3) is 3.70. The molecule has 5 nitrogen and oxygen atoms in total. The number of carbonyl (C=O) groups is 1. The van der Waals surface area contributed by atoms with Gasteiger partial charge in [0, 0.05) is 30.5 Å². The molecule has 1 aromatic carbocycles. The largest absolute Gasteiger partial charge is 0.354 e. The Labute approximate surface area is 152 Å². The van der Waals surface area contributed by atoms with Crippen LogP contribution in [0.3, 0.4) is 0 Å². The first-order valence-corrected chi connectivity index (χ1v) is 9.09. The fourth-order valence-corrected chi connectivity index (χ4v) is 3.71. The summed E-state index contributed by atoms with van der Waals surface area (Å²) in [6.45, 7) is 6.55. The molecule has 1 amide bonds. The van der Waals surface area contributed by atoms with E-state index in [0.717, 1.165) is 25.1 Å². The van der Waals surface area contributed by atoms with E-state index in [1.807, 2.05) is 12.1 Å². The maximum atomic E-state index is 12.6. The molecule has 0 aromatic heterocycles. The van der Waals surface area contributed by atoms with Crippen LogP contribution in [0.4, 0.5) is 0 Å². The van der Waals surface area contributed by atoms with Crippen molar-refractivity contribution in [3.8, 4) is 0 Å². The highest BCUT2D eigenvalue weighted by molar-refractivity contribution is 6.42. The van der Waals surface area contributed by atoms with Gasteiger partial charge in [-0.1, -0.05) is 43.1 Å². The van der Waals surface area contributed by atoms with Crippen molar-refractivity contribution in [2.24, 2.45) is 5.92 Å². The molecule has 132 valence electrons. The van der Waals surface area contributed by atoms with Crippen molar-refractivity contribution >= 4 is 29.1 Å². The van der Waals surface area contributed by atoms with Crippen molar-refractivity contribution in [1.29, 1.82) is 0 Å². The summed E-state index contributed by atoms with van der Waals surface area (Å²) in [6.07, 6.45) is 1.04. The molecule has 3 rings (SSSR count). The van der Waals surface area contributed by atoms with Crippen molar-refractivity contribution in [3.05, 3.63) is 33.8 Å². The van der Waals surface area contributed by atoms with Gasteiger partial charge in [0.05, 0.1) is 10.0 Å². The van der Waals surface area contributed by atoms with Gasteiger partial charge in [0.25, 0.3) is 0 Å². The van der Waals surface area contributed by atoms with Gasteiger partial charge in [-0.15, -0.1) is 0 Å². The van der Waals surface area contributed by atoms with Crippen LogP contribution in [0.15, 0.2) is 18.2 Å². The smallest absolute Gasteiger partial charge is 0.238 e. The predicted octanol–water partition coefficient (Wildman–Crippen LogP) is 1.84. The van der Waals surface area contributed by atoms with Gasteiger partial charge in [-0.25, -0.2) is 5.43 Å². The molecular formula is C17H24Cl2N4O. The number of nitrogens with one attached hydrogen (secondary N) is 4. The van der Waals surface area contributed by atoms with Gasteiger partial charge in [0.2, 0.25) is 5.91 Å². The molecule has 3 unspecified atom stereocenters. The minimum Gasteiger partial charge on any atom is -0.354 e. The summed E-state index contributed by atoms with van der Waals surface area (Å²) in [5.41, 5.74) is 7.21. The topological polar surface area (TPSA) is 65.2 Å². The number of amides is 1. The monoisotopic (exact) mass is 370 g/mol. The molecule has 0 spiro atoms. The average Bonchev–Trinajstić information content (AvgIpc) is 2.99. The quantitative estimate of drug-likeness (QED) is 0.652. The summed E-state index contributed by atoms with van der Waals surface area (Å²) >= 11 is 12.1. The Morgan fingerprint density at radius 2 is 2.08 bits per heavy atom. The van der Waals surface area contributed by atoms with E-state index in [1.54, 1.807) is 6.07 Å². The second kappa shape index (κ2) is 7.18. The van der Waals surface area contributed by atoms with Crippen molar-refractivity contribution in [3.63, 3.8) is 0 Å². The Morgan fingerprint density at radius 1 is 1.29 bits per heavy atom. The van der Waals surface area contributed by atoms with E-state index in [4.69, 9.17) is 23.2 Å². The second-order valence-corrected chi connectivity index (χ2v) is 8.07. The van der Waals surface area contributed by atoms with Gasteiger partial charge in [-0.2, -0.15) is 0 Å². The predicted molar refractivity (Wildman–Crippen MR) is 97.3 cm³/mol. The second-order valence-electron chi connectivity index (χ2n) is 7.26. The highest BCUT2D eigenvalue weighted by Crippen LogP contribution is 2.29. The van der Waals surface area contributed by atoms with Crippen LogP contribution in [-0.2, 0) is 10.2 Å². The van der Waals surface area contributed by atoms with Crippen LogP contribution >= 0.6 is 23.2 Å². The SMILES string of the molecule is CC(C)(CNC(=O)C1NNC2CCNCC21)c1ccc(Cl)c(Cl)c1. The number of carbonyl (C=O) groups excluding carboxylic acids is 1. The molecule has 0 saturated carbocycles. The number of hydrogen-bond acceptors (Lipinski definition) is 4. The van der Waals surface area contributed by atoms with Gasteiger partial charge in [0.1, 0.15) is 6.04 Å². The van der Waals surface area contributed by atoms with Crippen LogP contribution in [0.5, 0.6) is 0 Å². The van der Waals surface area contributed by atoms with Crippen molar-refractivity contribution in [1.82, 2.24) is 21.5 Å². The van der Waals surface area contributed by atoms with E-state index in [2.05, 4.69) is 35.3 Å². The molecular weight excluding hydrogens is 347 g/mol. The minimum absolute atomic E-state index is 0.0341. The van der Waals surface area contributed by atoms with Gasteiger partial charge >= 0.3 is 0 Å². The fraction of sp³-hybridized carbons (Fsp3) is 0.588. The summed E-state index contributed by atoms with van der Waals surface area (Å²) in [4.78, 5) is 12.6. The molecule has 7 heteroatoms. The third-order valence-electron chi connectivity index (χ3n) is 5.07. The molecule has 4 N–H and O–H groups in total. The van der Waals surface area contributed by atoms with E-state index in [-0.39, 0.29) is 23.3 Å². The lowest BCUT2D eigenvalue weighted by molar-refractivity contribution is -0.124. The highest BCUT2D eigenvalue weighted by atomic mass is 35.5. The van der Waals surface area contributed by atoms with E-state index in [1.165, 1.54) is 0 Å². The number of piperidine rings is 1. The Hall–Kier alpha value is -0.850. The summed E-state index contributed by atoms with van der Waals surface area (Å²) in [6, 6.07) is 5.78. The molecule has 24 heavy (non-hydrogen) atoms. The maximum absolute atomic E-state index is 12.6. The first kappa shape index (κ1) is 18.0. The summed E-state index contributed by atoms with van der Waals surface area (Å²) < 4.78 is 0. The molecule has 2 saturated heterocycles. The first-order chi connectivity index (χ1) is 11.4. The number of benzene rings is 1. The molecule has 1 aromatic rings. The van der Waals surface area contributed by atoms with E-state index in [0.29, 0.717) is 22.6 Å². The van der Waals surface area contributed by atoms with Gasteiger partial charge in [0.15, 0.2) is 0 Å². The lowest BCUT2D eigenvalue weighted by Gasteiger charge is -2.29. The summed E-state index contributed by atoms with van der Waals surface area (Å²) in [5, 5.41) is 7.52. The standard InChI is InChI=1S/C17H24Cl2N4O/c1-17(2,10-3-4-12(18)13(19)7-10)9-21-16(24)15-11-8-20-6-5-14(11)22-23-15/h3-4,7,11,14-15,20,22-23H,5-6,8-9H2,1-2H3,(H,21,24). The number of hydrogen-bond donors (Lipinski definition) is 4. The Bertz CT molecular complexity index is 623. The molecule has 2 heterocycles. The van der Waals surface area contributed by atoms with Crippen LogP contribution < -0.4 is 21.5 Å². The Morgan fingerprint density at radius 3 is 2.83 bits per heavy atom. The molecule has 2 fully saturated rings. The molecule has 2 aliphatic heterocycles. The fourth-order valence-electron chi connectivity index (χ4n) is 3.41. The average molecular weight is 371 g/mol. The molecule has 3 atom stereocenters. The normalized spacial score (nSPS) is 26.9. The first-order valence-electron chi connectivity index (χ1n) is 8.33. The van der Waals surface area contributed by atoms with Crippen LogP contribution in [0, 0.1) is 5.92 Å². The Balaban J connectivity index is 1.61. The van der Waals surface area contributed by atoms with Gasteiger partial charge in [-0.05, 0) is 30.7 Å². The third-order valence-corrected chi connectivity index (χ3v) is 5.81. The molecule has 0 aliphatic carbocycles. The van der Waals surface area contributed by atoms with Crippen molar-refractivity contribution in [2.45, 2.75) is 37.8 Å². The van der Waals surface area contributed by atoms with Crippen molar-refractivity contribution in [2.75, 3.05) is 19.6 Å². The van der Waals surface area contributed by atoms with E-state index < -0.39 is 0 Å². The van der Waals surface area contributed by atoms with Crippen LogP contribution in [0.2, 0.25) is 10.0 Å². The zero-order valence-electron chi connectivity index (χ0n) is 14.0. The van der Waals surface area contributed by atoms with Crippen molar-refractivity contribution < 1.29 is 4.79 Å². The van der Waals surface area contributed by atoms with E-state index in [9.17, 15) is 4.79 Å². The molecule has 0 bridgehead atoms. The van der Waals surface area contributed by atoms with Gasteiger partial charge in [-0.3, -0.25) is 10.2 Å². The lowest BCUT2D eigenvalue weighted by Crippen LogP contribution is -2.51. The minimum atomic E-state index is -0.236. The van der Waals surface area contributed by atoms with Crippen LogP contribution in [0.1, 0.15) is 25.8 Å². The van der Waals surface area contributed by atoms with Crippen LogP contribution in [0.25, 0.3) is 0 Å². The Kier molecular flexibility index (Phi) is 5.37. The zero-order chi connectivity index (χ0) is 17.3. The zero-order valence-corrected chi connectivity index (χ0v) is 15.5.